The summed E-state index contributed by atoms with van der Waals surface area (Å²) in [7, 11) is 1.12. The van der Waals surface area contributed by atoms with Gasteiger partial charge in [0.15, 0.2) is 0 Å². The predicted molar refractivity (Wildman–Crippen MR) is 83.7 cm³/mol. The number of rotatable bonds is 6. The quantitative estimate of drug-likeness (QED) is 0.726. The van der Waals surface area contributed by atoms with Crippen molar-refractivity contribution in [3.63, 3.8) is 0 Å². The van der Waals surface area contributed by atoms with Crippen molar-refractivity contribution in [2.45, 2.75) is 11.8 Å². The summed E-state index contributed by atoms with van der Waals surface area (Å²) in [6.45, 7) is 2.73. The van der Waals surface area contributed by atoms with E-state index in [2.05, 4.69) is 4.72 Å². The van der Waals surface area contributed by atoms with Crippen LogP contribution in [0.25, 0.3) is 0 Å². The van der Waals surface area contributed by atoms with Crippen LogP contribution in [-0.2, 0) is 14.8 Å². The van der Waals surface area contributed by atoms with Gasteiger partial charge in [0, 0.05) is 26.3 Å². The highest BCUT2D eigenvalue weighted by Crippen LogP contribution is 2.24. The van der Waals surface area contributed by atoms with Gasteiger partial charge >= 0.3 is 0 Å². The fourth-order valence-corrected chi connectivity index (χ4v) is 2.61. The van der Waals surface area contributed by atoms with Crippen molar-refractivity contribution in [3.05, 3.63) is 18.2 Å². The minimum Gasteiger partial charge on any atom is -0.398 e. The molecule has 1 amide bonds. The number of nitrogens with two attached hydrogens (primary N) is 1. The van der Waals surface area contributed by atoms with Crippen LogP contribution in [-0.4, -0.2) is 53.5 Å². The molecule has 0 aliphatic heterocycles. The van der Waals surface area contributed by atoms with Crippen LogP contribution in [0.2, 0.25) is 0 Å². The Morgan fingerprint density at radius 1 is 1.33 bits per heavy atom. The lowest BCUT2D eigenvalue weighted by atomic mass is 10.2. The molecule has 1 rings (SSSR count). The Bertz CT molecular complexity index is 614. The van der Waals surface area contributed by atoms with Crippen LogP contribution in [0.3, 0.4) is 0 Å². The third-order valence-electron chi connectivity index (χ3n) is 3.12. The lowest BCUT2D eigenvalue weighted by Gasteiger charge is -2.24. The molecular formula is C13H22N4O3S. The largest absolute Gasteiger partial charge is 0.398 e. The summed E-state index contributed by atoms with van der Waals surface area (Å²) in [5.74, 6) is -0.0395. The Morgan fingerprint density at radius 3 is 2.38 bits per heavy atom. The zero-order valence-corrected chi connectivity index (χ0v) is 13.6. The summed E-state index contributed by atoms with van der Waals surface area (Å²) in [6, 6.07) is 4.66. The second-order valence-electron chi connectivity index (χ2n) is 4.73. The molecule has 8 heteroatoms. The molecule has 0 radical (unpaired) electrons. The molecule has 0 bridgehead atoms. The predicted octanol–water partition coefficient (Wildman–Crippen LogP) is 0.0914. The summed E-state index contributed by atoms with van der Waals surface area (Å²) >= 11 is 0. The number of nitrogen functional groups attached to an aromatic ring is 1. The Kier molecular flexibility index (Phi) is 5.56. The molecule has 0 unspecified atom stereocenters. The van der Waals surface area contributed by atoms with E-state index >= 15 is 0 Å². The molecule has 21 heavy (non-hydrogen) atoms. The average Bonchev–Trinajstić information content (AvgIpc) is 2.43. The molecule has 1 aromatic carbocycles. The van der Waals surface area contributed by atoms with Crippen LogP contribution < -0.4 is 15.4 Å². The molecule has 0 atom stereocenters. The molecule has 7 nitrogen and oxygen atoms in total. The van der Waals surface area contributed by atoms with E-state index in [0.717, 1.165) is 0 Å². The van der Waals surface area contributed by atoms with Gasteiger partial charge < -0.3 is 15.5 Å². The normalized spacial score (nSPS) is 11.2. The van der Waals surface area contributed by atoms with Gasteiger partial charge in [-0.2, -0.15) is 0 Å². The van der Waals surface area contributed by atoms with E-state index < -0.39 is 10.0 Å². The summed E-state index contributed by atoms with van der Waals surface area (Å²) < 4.78 is 25.8. The lowest BCUT2D eigenvalue weighted by Crippen LogP contribution is -2.36. The summed E-state index contributed by atoms with van der Waals surface area (Å²) in [4.78, 5) is 15.2. The molecule has 0 saturated carbocycles. The smallest absolute Gasteiger partial charge is 0.242 e. The topological polar surface area (TPSA) is 95.7 Å². The van der Waals surface area contributed by atoms with E-state index in [4.69, 9.17) is 5.73 Å². The molecule has 3 N–H and O–H groups in total. The number of carbonyl (C=O) groups excluding carboxylic acids is 1. The minimum absolute atomic E-state index is 0.0312. The molecule has 0 aliphatic carbocycles. The summed E-state index contributed by atoms with van der Waals surface area (Å²) in [5, 5.41) is 0. The first-order valence-electron chi connectivity index (χ1n) is 6.51. The molecule has 0 spiro atoms. The summed E-state index contributed by atoms with van der Waals surface area (Å²) in [6.07, 6.45) is 0. The maximum absolute atomic E-state index is 11.8. The molecule has 0 heterocycles. The average molecular weight is 314 g/mol. The van der Waals surface area contributed by atoms with E-state index in [1.54, 1.807) is 26.2 Å². The van der Waals surface area contributed by atoms with Crippen molar-refractivity contribution in [1.82, 2.24) is 9.62 Å². The molecule has 0 aliphatic rings. The number of nitrogens with one attached hydrogen (secondary N) is 1. The third kappa shape index (κ3) is 4.08. The highest BCUT2D eigenvalue weighted by Gasteiger charge is 2.18. The highest BCUT2D eigenvalue weighted by molar-refractivity contribution is 7.89. The number of hydrogen-bond acceptors (Lipinski definition) is 5. The number of carbonyl (C=O) groups is 1. The fourth-order valence-electron chi connectivity index (χ4n) is 1.78. The number of benzene rings is 1. The van der Waals surface area contributed by atoms with Crippen LogP contribution >= 0.6 is 0 Å². The van der Waals surface area contributed by atoms with Crippen molar-refractivity contribution in [2.24, 2.45) is 0 Å². The van der Waals surface area contributed by atoms with Crippen molar-refractivity contribution >= 4 is 27.3 Å². The number of sulfonamides is 1. The fraction of sp³-hybridized carbons (Fsp3) is 0.462. The number of hydrogen-bond donors (Lipinski definition) is 2. The molecule has 0 aromatic heterocycles. The van der Waals surface area contributed by atoms with Crippen LogP contribution in [0.4, 0.5) is 11.4 Å². The van der Waals surface area contributed by atoms with Crippen molar-refractivity contribution < 1.29 is 13.2 Å². The van der Waals surface area contributed by atoms with Gasteiger partial charge in [-0.05, 0) is 32.2 Å². The molecule has 0 saturated heterocycles. The van der Waals surface area contributed by atoms with Crippen LogP contribution in [0.5, 0.6) is 0 Å². The number of amides is 1. The molecule has 0 fully saturated rings. The van der Waals surface area contributed by atoms with Gasteiger partial charge in [0.1, 0.15) is 4.90 Å². The first-order chi connectivity index (χ1) is 9.72. The number of anilines is 2. The first kappa shape index (κ1) is 17.3. The van der Waals surface area contributed by atoms with Crippen molar-refractivity contribution in [1.29, 1.82) is 0 Å². The zero-order chi connectivity index (χ0) is 16.2. The van der Waals surface area contributed by atoms with Crippen LogP contribution in [0.1, 0.15) is 6.92 Å². The zero-order valence-electron chi connectivity index (χ0n) is 12.8. The van der Waals surface area contributed by atoms with Gasteiger partial charge in [0.2, 0.25) is 15.9 Å². The molecular weight excluding hydrogens is 292 g/mol. The maximum Gasteiger partial charge on any atom is 0.242 e. The Morgan fingerprint density at radius 2 is 1.95 bits per heavy atom. The Balaban J connectivity index is 3.09. The van der Waals surface area contributed by atoms with E-state index in [-0.39, 0.29) is 23.0 Å². The van der Waals surface area contributed by atoms with Gasteiger partial charge in [0.05, 0.1) is 12.2 Å². The second-order valence-corrected chi connectivity index (χ2v) is 6.59. The monoisotopic (exact) mass is 314 g/mol. The highest BCUT2D eigenvalue weighted by atomic mass is 32.2. The Hall–Kier alpha value is -1.80. The van der Waals surface area contributed by atoms with Crippen molar-refractivity contribution in [2.75, 3.05) is 44.9 Å². The van der Waals surface area contributed by atoms with Crippen molar-refractivity contribution in [3.8, 4) is 0 Å². The standard InChI is InChI=1S/C13H22N4O3S/c1-5-17(9-13(18)16(3)4)10-6-7-12(11(14)8-10)21(19,20)15-2/h6-8,15H,5,9,14H2,1-4H3. The van der Waals surface area contributed by atoms with Gasteiger partial charge in [-0.3, -0.25) is 4.79 Å². The van der Waals surface area contributed by atoms with E-state index in [1.807, 2.05) is 11.8 Å². The molecule has 1 aromatic rings. The van der Waals surface area contributed by atoms with Crippen LogP contribution in [0, 0.1) is 0 Å². The van der Waals surface area contributed by atoms with Gasteiger partial charge in [-0.25, -0.2) is 13.1 Å². The minimum atomic E-state index is -3.58. The first-order valence-corrected chi connectivity index (χ1v) is 7.99. The summed E-state index contributed by atoms with van der Waals surface area (Å²) in [5.41, 5.74) is 6.68. The number of nitrogens with zero attached hydrogens (tertiary/aromatic N) is 2. The van der Waals surface area contributed by atoms with E-state index in [0.29, 0.717) is 12.2 Å². The van der Waals surface area contributed by atoms with Gasteiger partial charge in [-0.1, -0.05) is 0 Å². The number of likely N-dealkylation sites (N-methyl/N-ethyl adjacent to an activating group) is 2. The van der Waals surface area contributed by atoms with Gasteiger partial charge in [-0.15, -0.1) is 0 Å². The molecule has 118 valence electrons. The van der Waals surface area contributed by atoms with E-state index in [1.165, 1.54) is 18.0 Å². The second kappa shape index (κ2) is 6.77. The third-order valence-corrected chi connectivity index (χ3v) is 4.61. The van der Waals surface area contributed by atoms with E-state index in [9.17, 15) is 13.2 Å². The van der Waals surface area contributed by atoms with Gasteiger partial charge in [0.25, 0.3) is 0 Å². The SMILES string of the molecule is CCN(CC(=O)N(C)C)c1ccc(S(=O)(=O)NC)c(N)c1. The maximum atomic E-state index is 11.8. The van der Waals surface area contributed by atoms with Crippen LogP contribution in [0.15, 0.2) is 23.1 Å². The Labute approximate surface area is 125 Å². The lowest BCUT2D eigenvalue weighted by molar-refractivity contribution is -0.127.